The molecule has 94 valence electrons. The molecule has 0 saturated carbocycles. The molecule has 4 heteroatoms. The molecule has 0 saturated heterocycles. The van der Waals surface area contributed by atoms with Gasteiger partial charge >= 0.3 is 0 Å². The summed E-state index contributed by atoms with van der Waals surface area (Å²) >= 11 is 7.43. The number of rotatable bonds is 7. The second kappa shape index (κ2) is 6.92. The molecule has 2 nitrogen and oxygen atoms in total. The molecular formula is C13H18ClNOS. The summed E-state index contributed by atoms with van der Waals surface area (Å²) < 4.78 is 2.18. The Morgan fingerprint density at radius 3 is 2.88 bits per heavy atom. The van der Waals surface area contributed by atoms with Crippen LogP contribution < -0.4 is 0 Å². The van der Waals surface area contributed by atoms with Gasteiger partial charge in [0, 0.05) is 35.0 Å². The predicted octanol–water partition coefficient (Wildman–Crippen LogP) is 3.45. The van der Waals surface area contributed by atoms with Crippen LogP contribution in [0.25, 0.3) is 0 Å². The summed E-state index contributed by atoms with van der Waals surface area (Å²) in [7, 11) is 0. The first-order chi connectivity index (χ1) is 8.11. The minimum Gasteiger partial charge on any atom is -0.348 e. The largest absolute Gasteiger partial charge is 0.348 e. The quantitative estimate of drug-likeness (QED) is 0.328. The van der Waals surface area contributed by atoms with Crippen LogP contribution in [0.1, 0.15) is 21.7 Å². The molecule has 17 heavy (non-hydrogen) atoms. The van der Waals surface area contributed by atoms with Crippen molar-refractivity contribution >= 4 is 29.1 Å². The van der Waals surface area contributed by atoms with Crippen LogP contribution in [0.15, 0.2) is 18.7 Å². The molecule has 0 aliphatic carbocycles. The maximum absolute atomic E-state index is 11.6. The summed E-state index contributed by atoms with van der Waals surface area (Å²) in [5, 5.41) is 0. The van der Waals surface area contributed by atoms with Crippen LogP contribution in [0.5, 0.6) is 0 Å². The van der Waals surface area contributed by atoms with Crippen molar-refractivity contribution in [3.8, 4) is 0 Å². The molecule has 0 fully saturated rings. The lowest BCUT2D eigenvalue weighted by Gasteiger charge is -2.08. The van der Waals surface area contributed by atoms with E-state index >= 15 is 0 Å². The Kier molecular flexibility index (Phi) is 5.86. The third-order valence-electron chi connectivity index (χ3n) is 2.69. The highest BCUT2D eigenvalue weighted by atomic mass is 35.5. The van der Waals surface area contributed by atoms with Gasteiger partial charge in [-0.05, 0) is 19.9 Å². The van der Waals surface area contributed by atoms with Crippen molar-refractivity contribution < 1.29 is 4.79 Å². The molecule has 1 aromatic rings. The fourth-order valence-corrected chi connectivity index (χ4v) is 2.61. The van der Waals surface area contributed by atoms with Crippen LogP contribution in [0.2, 0.25) is 0 Å². The highest BCUT2D eigenvalue weighted by Gasteiger charge is 2.14. The van der Waals surface area contributed by atoms with Gasteiger partial charge in [-0.3, -0.25) is 4.79 Å². The standard InChI is InChI=1S/C13H18ClNOS/c1-4-6-17-7-5-15-10(2)8-12(11(15)3)13(16)9-14/h4,8H,1,5-7,9H2,2-3H3. The lowest BCUT2D eigenvalue weighted by molar-refractivity contribution is 0.102. The number of thioether (sulfide) groups is 1. The molecule has 0 spiro atoms. The van der Waals surface area contributed by atoms with Gasteiger partial charge in [-0.2, -0.15) is 11.8 Å². The number of ketones is 1. The van der Waals surface area contributed by atoms with E-state index in [0.29, 0.717) is 0 Å². The first kappa shape index (κ1) is 14.4. The number of nitrogens with zero attached hydrogens (tertiary/aromatic N) is 1. The third kappa shape index (κ3) is 3.65. The van der Waals surface area contributed by atoms with Gasteiger partial charge in [0.2, 0.25) is 0 Å². The van der Waals surface area contributed by atoms with Crippen LogP contribution in [0.3, 0.4) is 0 Å². The van der Waals surface area contributed by atoms with Crippen LogP contribution in [-0.4, -0.2) is 27.7 Å². The topological polar surface area (TPSA) is 22.0 Å². The van der Waals surface area contributed by atoms with E-state index in [0.717, 1.165) is 35.0 Å². The maximum atomic E-state index is 11.6. The Balaban J connectivity index is 2.75. The number of aromatic nitrogens is 1. The fraction of sp³-hybridized carbons (Fsp3) is 0.462. The van der Waals surface area contributed by atoms with E-state index in [-0.39, 0.29) is 11.7 Å². The SMILES string of the molecule is C=CCSCCn1c(C)cc(C(=O)CCl)c1C. The van der Waals surface area contributed by atoms with Crippen molar-refractivity contribution in [1.29, 1.82) is 0 Å². The van der Waals surface area contributed by atoms with Crippen LogP contribution in [-0.2, 0) is 6.54 Å². The number of aryl methyl sites for hydroxylation is 1. The van der Waals surface area contributed by atoms with E-state index in [1.54, 1.807) is 0 Å². The number of Topliss-reactive ketones (excluding diaryl/α,β-unsaturated/α-hetero) is 1. The van der Waals surface area contributed by atoms with Gasteiger partial charge in [-0.1, -0.05) is 6.08 Å². The summed E-state index contributed by atoms with van der Waals surface area (Å²) in [5.74, 6) is 2.05. The minimum atomic E-state index is 0.00441. The van der Waals surface area contributed by atoms with E-state index in [1.807, 2.05) is 37.8 Å². The molecule has 0 amide bonds. The average Bonchev–Trinajstić information content (AvgIpc) is 2.60. The van der Waals surface area contributed by atoms with Gasteiger partial charge in [-0.15, -0.1) is 18.2 Å². The zero-order chi connectivity index (χ0) is 12.8. The zero-order valence-electron chi connectivity index (χ0n) is 10.3. The van der Waals surface area contributed by atoms with Crippen molar-refractivity contribution in [2.24, 2.45) is 0 Å². The van der Waals surface area contributed by atoms with E-state index in [1.165, 1.54) is 0 Å². The lowest BCUT2D eigenvalue weighted by Crippen LogP contribution is -2.07. The Morgan fingerprint density at radius 2 is 2.29 bits per heavy atom. The molecule has 0 unspecified atom stereocenters. The summed E-state index contributed by atoms with van der Waals surface area (Å²) in [6.07, 6.45) is 1.91. The van der Waals surface area contributed by atoms with Crippen LogP contribution >= 0.6 is 23.4 Å². The van der Waals surface area contributed by atoms with Crippen molar-refractivity contribution in [3.63, 3.8) is 0 Å². The summed E-state index contributed by atoms with van der Waals surface area (Å²) in [4.78, 5) is 11.6. The van der Waals surface area contributed by atoms with E-state index < -0.39 is 0 Å². The van der Waals surface area contributed by atoms with Crippen molar-refractivity contribution in [3.05, 3.63) is 35.7 Å². The number of carbonyl (C=O) groups is 1. The normalized spacial score (nSPS) is 10.5. The van der Waals surface area contributed by atoms with Crippen molar-refractivity contribution in [2.75, 3.05) is 17.4 Å². The zero-order valence-corrected chi connectivity index (χ0v) is 11.9. The molecule has 0 aliphatic rings. The predicted molar refractivity (Wildman–Crippen MR) is 76.5 cm³/mol. The summed E-state index contributed by atoms with van der Waals surface area (Å²) in [5.41, 5.74) is 2.90. The number of alkyl halides is 1. The van der Waals surface area contributed by atoms with E-state index in [9.17, 15) is 4.79 Å². The monoisotopic (exact) mass is 271 g/mol. The molecule has 1 heterocycles. The highest BCUT2D eigenvalue weighted by molar-refractivity contribution is 7.99. The second-order valence-electron chi connectivity index (χ2n) is 3.86. The fourth-order valence-electron chi connectivity index (χ4n) is 1.82. The molecule has 1 rings (SSSR count). The smallest absolute Gasteiger partial charge is 0.179 e. The molecule has 0 bridgehead atoms. The number of hydrogen-bond acceptors (Lipinski definition) is 2. The van der Waals surface area contributed by atoms with Gasteiger partial charge in [-0.25, -0.2) is 0 Å². The van der Waals surface area contributed by atoms with Gasteiger partial charge in [0.05, 0.1) is 5.88 Å². The van der Waals surface area contributed by atoms with Gasteiger partial charge < -0.3 is 4.57 Å². The number of carbonyl (C=O) groups excluding carboxylic acids is 1. The summed E-state index contributed by atoms with van der Waals surface area (Å²) in [6, 6.07) is 1.93. The second-order valence-corrected chi connectivity index (χ2v) is 5.27. The van der Waals surface area contributed by atoms with Crippen molar-refractivity contribution in [1.82, 2.24) is 4.57 Å². The Bertz CT molecular complexity index is 412. The number of halogens is 1. The van der Waals surface area contributed by atoms with E-state index in [4.69, 9.17) is 11.6 Å². The van der Waals surface area contributed by atoms with Gasteiger partial charge in [0.15, 0.2) is 5.78 Å². The van der Waals surface area contributed by atoms with E-state index in [2.05, 4.69) is 11.1 Å². The molecule has 1 aromatic heterocycles. The van der Waals surface area contributed by atoms with Crippen LogP contribution in [0, 0.1) is 13.8 Å². The first-order valence-corrected chi connectivity index (χ1v) is 7.25. The lowest BCUT2D eigenvalue weighted by atomic mass is 10.2. The minimum absolute atomic E-state index is 0.00441. The van der Waals surface area contributed by atoms with Gasteiger partial charge in [0.25, 0.3) is 0 Å². The molecular weight excluding hydrogens is 254 g/mol. The molecule has 0 aliphatic heterocycles. The van der Waals surface area contributed by atoms with Crippen molar-refractivity contribution in [2.45, 2.75) is 20.4 Å². The first-order valence-electron chi connectivity index (χ1n) is 5.56. The molecule has 0 aromatic carbocycles. The third-order valence-corrected chi connectivity index (χ3v) is 3.88. The average molecular weight is 272 g/mol. The number of hydrogen-bond donors (Lipinski definition) is 0. The Hall–Kier alpha value is -0.670. The van der Waals surface area contributed by atoms with Gasteiger partial charge in [0.1, 0.15) is 0 Å². The molecule has 0 atom stereocenters. The molecule has 0 radical (unpaired) electrons. The summed E-state index contributed by atoms with van der Waals surface area (Å²) in [6.45, 7) is 8.62. The molecule has 0 N–H and O–H groups in total. The maximum Gasteiger partial charge on any atom is 0.179 e. The Morgan fingerprint density at radius 1 is 1.59 bits per heavy atom. The highest BCUT2D eigenvalue weighted by Crippen LogP contribution is 2.17. The van der Waals surface area contributed by atoms with Crippen LogP contribution in [0.4, 0.5) is 0 Å². The Labute approximate surface area is 112 Å².